The maximum absolute atomic E-state index is 11.7. The Morgan fingerprint density at radius 3 is 2.74 bits per heavy atom. The minimum atomic E-state index is -0.429. The lowest BCUT2D eigenvalue weighted by molar-refractivity contribution is -0.136. The summed E-state index contributed by atoms with van der Waals surface area (Å²) in [6.45, 7) is 5.68. The Balaban J connectivity index is 2.37. The normalized spacial score (nSPS) is 16.5. The van der Waals surface area contributed by atoms with Crippen LogP contribution < -0.4 is 0 Å². The Hall–Kier alpha value is -1.81. The van der Waals surface area contributed by atoms with Crippen LogP contribution in [0.2, 0.25) is 5.02 Å². The quantitative estimate of drug-likeness (QED) is 0.628. The summed E-state index contributed by atoms with van der Waals surface area (Å²) >= 11 is 5.96. The third-order valence-corrected chi connectivity index (χ3v) is 3.15. The highest BCUT2D eigenvalue weighted by molar-refractivity contribution is 6.32. The van der Waals surface area contributed by atoms with Gasteiger partial charge in [0, 0.05) is 29.9 Å². The van der Waals surface area contributed by atoms with Crippen molar-refractivity contribution in [2.75, 3.05) is 13.1 Å². The van der Waals surface area contributed by atoms with E-state index < -0.39 is 5.97 Å². The van der Waals surface area contributed by atoms with Crippen LogP contribution in [0.25, 0.3) is 0 Å². The number of oxime groups is 1. The fourth-order valence-corrected chi connectivity index (χ4v) is 2.02. The molecule has 5 heteroatoms. The number of carbonyl (C=O) groups is 1. The van der Waals surface area contributed by atoms with Gasteiger partial charge in [0.1, 0.15) is 11.3 Å². The Morgan fingerprint density at radius 1 is 1.37 bits per heavy atom. The van der Waals surface area contributed by atoms with Crippen molar-refractivity contribution in [3.63, 3.8) is 0 Å². The molecule has 0 unspecified atom stereocenters. The molecule has 0 radical (unpaired) electrons. The van der Waals surface area contributed by atoms with E-state index in [2.05, 4.69) is 5.16 Å². The first-order valence-corrected chi connectivity index (χ1v) is 6.55. The second-order valence-corrected chi connectivity index (χ2v) is 4.53. The smallest absolute Gasteiger partial charge is 0.369 e. The molecular formula is C14H15ClN2O2. The van der Waals surface area contributed by atoms with Crippen LogP contribution in [0.3, 0.4) is 0 Å². The van der Waals surface area contributed by atoms with Gasteiger partial charge >= 0.3 is 5.97 Å². The highest BCUT2D eigenvalue weighted by Gasteiger charge is 2.27. The molecule has 0 bridgehead atoms. The van der Waals surface area contributed by atoms with Crippen molar-refractivity contribution in [2.45, 2.75) is 13.8 Å². The van der Waals surface area contributed by atoms with Gasteiger partial charge in [-0.05, 0) is 26.0 Å². The number of benzene rings is 1. The number of halogens is 1. The van der Waals surface area contributed by atoms with Crippen molar-refractivity contribution in [1.29, 1.82) is 0 Å². The Bertz CT molecular complexity index is 548. The van der Waals surface area contributed by atoms with Crippen LogP contribution in [0.15, 0.2) is 41.2 Å². The van der Waals surface area contributed by atoms with Crippen LogP contribution in [0, 0.1) is 0 Å². The molecule has 0 saturated heterocycles. The van der Waals surface area contributed by atoms with Crippen LogP contribution in [0.5, 0.6) is 0 Å². The van der Waals surface area contributed by atoms with E-state index in [1.165, 1.54) is 0 Å². The molecule has 2 rings (SSSR count). The van der Waals surface area contributed by atoms with Gasteiger partial charge in [-0.1, -0.05) is 28.9 Å². The highest BCUT2D eigenvalue weighted by Crippen LogP contribution is 2.21. The van der Waals surface area contributed by atoms with Gasteiger partial charge in [-0.25, -0.2) is 4.79 Å². The van der Waals surface area contributed by atoms with Crippen LogP contribution in [0.1, 0.15) is 19.4 Å². The van der Waals surface area contributed by atoms with Gasteiger partial charge < -0.3 is 9.74 Å². The molecular weight excluding hydrogens is 264 g/mol. The summed E-state index contributed by atoms with van der Waals surface area (Å²) in [5.41, 5.74) is 1.77. The average molecular weight is 279 g/mol. The Labute approximate surface area is 117 Å². The molecule has 0 aliphatic carbocycles. The van der Waals surface area contributed by atoms with E-state index >= 15 is 0 Å². The van der Waals surface area contributed by atoms with E-state index in [4.69, 9.17) is 16.4 Å². The summed E-state index contributed by atoms with van der Waals surface area (Å²) in [6.07, 6.45) is 1.79. The Kier molecular flexibility index (Phi) is 4.22. The summed E-state index contributed by atoms with van der Waals surface area (Å²) in [5.74, 6) is -0.429. The van der Waals surface area contributed by atoms with Gasteiger partial charge in [-0.2, -0.15) is 0 Å². The monoisotopic (exact) mass is 278 g/mol. The second-order valence-electron chi connectivity index (χ2n) is 4.09. The zero-order valence-electron chi connectivity index (χ0n) is 10.9. The van der Waals surface area contributed by atoms with Gasteiger partial charge in [-0.3, -0.25) is 0 Å². The third-order valence-electron chi connectivity index (χ3n) is 2.92. The molecule has 0 saturated carbocycles. The summed E-state index contributed by atoms with van der Waals surface area (Å²) in [7, 11) is 0. The molecule has 1 aromatic carbocycles. The van der Waals surface area contributed by atoms with Crippen molar-refractivity contribution in [3.8, 4) is 0 Å². The summed E-state index contributed by atoms with van der Waals surface area (Å²) < 4.78 is 0. The topological polar surface area (TPSA) is 41.9 Å². The molecule has 0 spiro atoms. The molecule has 0 aromatic heterocycles. The predicted molar refractivity (Wildman–Crippen MR) is 75.1 cm³/mol. The van der Waals surface area contributed by atoms with Gasteiger partial charge in [0.05, 0.1) is 0 Å². The van der Waals surface area contributed by atoms with Crippen molar-refractivity contribution < 1.29 is 9.63 Å². The minimum Gasteiger partial charge on any atom is -0.377 e. The largest absolute Gasteiger partial charge is 0.377 e. The van der Waals surface area contributed by atoms with Gasteiger partial charge in [0.25, 0.3) is 0 Å². The zero-order valence-corrected chi connectivity index (χ0v) is 11.6. The third kappa shape index (κ3) is 2.96. The standard InChI is InChI=1S/C14H15ClN2O2/c1-3-17(4-2)9-12-13(16-19-14(12)18)10-6-5-7-11(15)8-10/h5-9H,3-4H2,1-2H3. The van der Waals surface area contributed by atoms with Gasteiger partial charge in [0.2, 0.25) is 0 Å². The molecule has 1 aliphatic rings. The van der Waals surface area contributed by atoms with E-state index in [0.717, 1.165) is 18.7 Å². The lowest BCUT2D eigenvalue weighted by atomic mass is 10.0. The lowest BCUT2D eigenvalue weighted by Crippen LogP contribution is -2.19. The fourth-order valence-electron chi connectivity index (χ4n) is 1.83. The zero-order chi connectivity index (χ0) is 13.8. The van der Waals surface area contributed by atoms with Crippen LogP contribution in [-0.4, -0.2) is 29.7 Å². The van der Waals surface area contributed by atoms with E-state index in [9.17, 15) is 4.79 Å². The van der Waals surface area contributed by atoms with Crippen molar-refractivity contribution in [2.24, 2.45) is 5.16 Å². The molecule has 19 heavy (non-hydrogen) atoms. The van der Waals surface area contributed by atoms with Crippen molar-refractivity contribution in [1.82, 2.24) is 4.90 Å². The first-order valence-electron chi connectivity index (χ1n) is 6.17. The van der Waals surface area contributed by atoms with Crippen LogP contribution in [0.4, 0.5) is 0 Å². The predicted octanol–water partition coefficient (Wildman–Crippen LogP) is 2.83. The first-order chi connectivity index (χ1) is 9.15. The molecule has 4 nitrogen and oxygen atoms in total. The molecule has 1 aliphatic heterocycles. The van der Waals surface area contributed by atoms with E-state index in [-0.39, 0.29) is 0 Å². The molecule has 1 heterocycles. The minimum absolute atomic E-state index is 0.429. The van der Waals surface area contributed by atoms with E-state index in [1.54, 1.807) is 18.3 Å². The second kappa shape index (κ2) is 5.89. The summed E-state index contributed by atoms with van der Waals surface area (Å²) in [6, 6.07) is 7.20. The molecule has 0 atom stereocenters. The molecule has 0 fully saturated rings. The van der Waals surface area contributed by atoms with Crippen molar-refractivity contribution in [3.05, 3.63) is 46.6 Å². The highest BCUT2D eigenvalue weighted by atomic mass is 35.5. The van der Waals surface area contributed by atoms with Crippen molar-refractivity contribution >= 4 is 23.3 Å². The molecule has 100 valence electrons. The maximum Gasteiger partial charge on any atom is 0.369 e. The number of hydrogen-bond acceptors (Lipinski definition) is 4. The first kappa shape index (κ1) is 13.6. The molecule has 0 N–H and O–H groups in total. The lowest BCUT2D eigenvalue weighted by Gasteiger charge is -2.15. The summed E-state index contributed by atoms with van der Waals surface area (Å²) in [5, 5.41) is 4.44. The number of rotatable bonds is 4. The van der Waals surface area contributed by atoms with Crippen LogP contribution in [-0.2, 0) is 9.63 Å². The SMILES string of the molecule is CCN(C=C1C(=O)ON=C1c1cccc(Cl)c1)CC. The fraction of sp³-hybridized carbons (Fsp3) is 0.286. The number of nitrogens with zero attached hydrogens (tertiary/aromatic N) is 2. The van der Waals surface area contributed by atoms with Gasteiger partial charge in [-0.15, -0.1) is 0 Å². The number of carbonyl (C=O) groups excluding carboxylic acids is 1. The van der Waals surface area contributed by atoms with E-state index in [1.807, 2.05) is 30.9 Å². The van der Waals surface area contributed by atoms with E-state index in [0.29, 0.717) is 16.3 Å². The number of hydrogen-bond donors (Lipinski definition) is 0. The maximum atomic E-state index is 11.7. The molecule has 0 amide bonds. The van der Waals surface area contributed by atoms with Crippen LogP contribution >= 0.6 is 11.6 Å². The average Bonchev–Trinajstić information content (AvgIpc) is 2.77. The Morgan fingerprint density at radius 2 is 2.11 bits per heavy atom. The van der Waals surface area contributed by atoms with Gasteiger partial charge in [0.15, 0.2) is 0 Å². The molecule has 1 aromatic rings. The summed E-state index contributed by atoms with van der Waals surface area (Å²) in [4.78, 5) is 18.5.